The van der Waals surface area contributed by atoms with Crippen LogP contribution in [-0.2, 0) is 0 Å². The molecule has 0 aliphatic carbocycles. The van der Waals surface area contributed by atoms with Crippen molar-refractivity contribution in [1.82, 2.24) is 46.2 Å². The monoisotopic (exact) mass is 331 g/mol. The molecule has 0 saturated heterocycles. The molecule has 0 unspecified atom stereocenters. The number of pyridine rings is 1. The van der Waals surface area contributed by atoms with Gasteiger partial charge in [-0.25, -0.2) is 0 Å². The highest BCUT2D eigenvalue weighted by atomic mass is 16.1. The topological polar surface area (TPSA) is 142 Å². The average molecular weight is 331 g/mol. The minimum atomic E-state index is -0.0752. The number of nitrogens with one attached hydrogen (secondary N) is 3. The first kappa shape index (κ1) is 13.5. The van der Waals surface area contributed by atoms with Crippen molar-refractivity contribution in [3.63, 3.8) is 0 Å². The van der Waals surface area contributed by atoms with Crippen molar-refractivity contribution in [2.75, 3.05) is 0 Å². The second-order valence-corrected chi connectivity index (χ2v) is 5.45. The first-order chi connectivity index (χ1) is 12.3. The lowest BCUT2D eigenvalue weighted by molar-refractivity contribution is 0.881. The van der Waals surface area contributed by atoms with Crippen molar-refractivity contribution in [3.05, 3.63) is 46.6 Å². The van der Waals surface area contributed by atoms with E-state index in [0.29, 0.717) is 27.9 Å². The zero-order chi connectivity index (χ0) is 16.8. The van der Waals surface area contributed by atoms with E-state index in [-0.39, 0.29) is 5.43 Å². The van der Waals surface area contributed by atoms with Gasteiger partial charge in [0.25, 0.3) is 0 Å². The lowest BCUT2D eigenvalue weighted by Crippen LogP contribution is -2.04. The van der Waals surface area contributed by atoms with Crippen LogP contribution in [0.2, 0.25) is 0 Å². The van der Waals surface area contributed by atoms with E-state index in [1.807, 2.05) is 18.2 Å². The Kier molecular flexibility index (Phi) is 2.71. The lowest BCUT2D eigenvalue weighted by atomic mass is 10.1. The number of nitrogens with zero attached hydrogens (tertiary/aromatic N) is 6. The molecule has 120 valence electrons. The number of hydrogen-bond donors (Lipinski definition) is 3. The average Bonchev–Trinajstić information content (AvgIpc) is 3.35. The first-order valence-corrected chi connectivity index (χ1v) is 7.37. The minimum absolute atomic E-state index is 0.0752. The molecule has 0 saturated carbocycles. The predicted octanol–water partition coefficient (Wildman–Crippen LogP) is 1.04. The second kappa shape index (κ2) is 5.03. The molecular formula is C15H9N9O. The van der Waals surface area contributed by atoms with Gasteiger partial charge in [0.1, 0.15) is 0 Å². The van der Waals surface area contributed by atoms with Crippen LogP contribution in [0.5, 0.6) is 0 Å². The summed E-state index contributed by atoms with van der Waals surface area (Å²) in [5, 5.41) is 28.8. The van der Waals surface area contributed by atoms with Gasteiger partial charge < -0.3 is 4.98 Å². The van der Waals surface area contributed by atoms with Gasteiger partial charge in [0, 0.05) is 27.4 Å². The molecule has 3 aromatic heterocycles. The van der Waals surface area contributed by atoms with Gasteiger partial charge in [0.2, 0.25) is 11.6 Å². The van der Waals surface area contributed by atoms with Gasteiger partial charge in [-0.2, -0.15) is 10.4 Å². The third kappa shape index (κ3) is 2.08. The van der Waals surface area contributed by atoms with E-state index in [4.69, 9.17) is 0 Å². The van der Waals surface area contributed by atoms with Crippen molar-refractivity contribution in [2.45, 2.75) is 0 Å². The molecular weight excluding hydrogens is 322 g/mol. The van der Waals surface area contributed by atoms with E-state index in [1.54, 1.807) is 18.2 Å². The Balaban J connectivity index is 1.76. The summed E-state index contributed by atoms with van der Waals surface area (Å²) in [5.74, 6) is 0.907. The molecule has 10 heteroatoms. The Morgan fingerprint density at radius 2 is 1.40 bits per heavy atom. The number of H-pyrrole nitrogens is 3. The van der Waals surface area contributed by atoms with Crippen LogP contribution in [0.1, 0.15) is 0 Å². The Labute approximate surface area is 138 Å². The fourth-order valence-electron chi connectivity index (χ4n) is 2.82. The number of hydrogen-bond acceptors (Lipinski definition) is 7. The molecule has 5 aromatic rings. The van der Waals surface area contributed by atoms with Crippen LogP contribution in [0.25, 0.3) is 44.6 Å². The minimum Gasteiger partial charge on any atom is -0.354 e. The quantitative estimate of drug-likeness (QED) is 0.410. The zero-order valence-corrected chi connectivity index (χ0v) is 12.6. The third-order valence-electron chi connectivity index (χ3n) is 4.00. The Morgan fingerprint density at radius 1 is 0.720 bits per heavy atom. The Morgan fingerprint density at radius 3 is 2.08 bits per heavy atom. The van der Waals surface area contributed by atoms with Gasteiger partial charge in [-0.3, -0.25) is 4.79 Å². The molecule has 0 radical (unpaired) electrons. The molecule has 0 atom stereocenters. The van der Waals surface area contributed by atoms with Crippen molar-refractivity contribution >= 4 is 21.8 Å². The van der Waals surface area contributed by atoms with Crippen molar-refractivity contribution in [3.8, 4) is 22.8 Å². The largest absolute Gasteiger partial charge is 0.354 e. The first-order valence-electron chi connectivity index (χ1n) is 7.37. The molecule has 2 aromatic carbocycles. The SMILES string of the molecule is O=c1c2ccc(-c3nn[nH]n3)cc2[nH]c2ccc(-c3nn[nH]n3)cc12. The molecule has 0 bridgehead atoms. The summed E-state index contributed by atoms with van der Waals surface area (Å²) in [4.78, 5) is 16.1. The summed E-state index contributed by atoms with van der Waals surface area (Å²) in [6.07, 6.45) is 0. The van der Waals surface area contributed by atoms with Gasteiger partial charge in [-0.15, -0.1) is 20.4 Å². The van der Waals surface area contributed by atoms with Crippen LogP contribution in [-0.4, -0.2) is 46.2 Å². The van der Waals surface area contributed by atoms with Crippen molar-refractivity contribution in [1.29, 1.82) is 0 Å². The van der Waals surface area contributed by atoms with E-state index in [0.717, 1.165) is 16.6 Å². The summed E-state index contributed by atoms with van der Waals surface area (Å²) in [6, 6.07) is 10.8. The second-order valence-electron chi connectivity index (χ2n) is 5.45. The Bertz CT molecular complexity index is 1260. The van der Waals surface area contributed by atoms with Crippen LogP contribution >= 0.6 is 0 Å². The van der Waals surface area contributed by atoms with Crippen molar-refractivity contribution < 1.29 is 0 Å². The summed E-state index contributed by atoms with van der Waals surface area (Å²) in [6.45, 7) is 0. The molecule has 0 amide bonds. The number of aromatic amines is 3. The summed E-state index contributed by atoms with van der Waals surface area (Å²) in [5.41, 5.74) is 2.82. The van der Waals surface area contributed by atoms with E-state index >= 15 is 0 Å². The van der Waals surface area contributed by atoms with Crippen LogP contribution in [0, 0.1) is 0 Å². The number of aromatic nitrogens is 9. The fraction of sp³-hybridized carbons (Fsp3) is 0. The molecule has 0 spiro atoms. The summed E-state index contributed by atoms with van der Waals surface area (Å²) in [7, 11) is 0. The highest BCUT2D eigenvalue weighted by Crippen LogP contribution is 2.23. The number of rotatable bonds is 2. The molecule has 0 aliphatic heterocycles. The third-order valence-corrected chi connectivity index (χ3v) is 4.00. The maximum absolute atomic E-state index is 12.9. The van der Waals surface area contributed by atoms with Crippen LogP contribution in [0.3, 0.4) is 0 Å². The standard InChI is InChI=1S/C15H9N9O/c25-13-9-3-1-8(15-19-23-24-20-15)6-12(9)16-11-4-2-7(5-10(11)13)14-17-21-22-18-14/h1-6H,(H,16,25)(H,17,18,21,22)(H,19,20,23,24). The number of tetrazole rings is 2. The van der Waals surface area contributed by atoms with E-state index in [9.17, 15) is 4.79 Å². The molecule has 3 heterocycles. The van der Waals surface area contributed by atoms with Gasteiger partial charge in [0.05, 0.1) is 5.52 Å². The highest BCUT2D eigenvalue weighted by molar-refractivity contribution is 5.95. The maximum atomic E-state index is 12.9. The summed E-state index contributed by atoms with van der Waals surface area (Å²) >= 11 is 0. The maximum Gasteiger partial charge on any atom is 0.204 e. The van der Waals surface area contributed by atoms with E-state index in [2.05, 4.69) is 46.2 Å². The van der Waals surface area contributed by atoms with Crippen LogP contribution in [0.4, 0.5) is 0 Å². The van der Waals surface area contributed by atoms with Gasteiger partial charge in [0.15, 0.2) is 5.43 Å². The number of benzene rings is 2. The normalized spacial score (nSPS) is 11.4. The molecule has 10 nitrogen and oxygen atoms in total. The summed E-state index contributed by atoms with van der Waals surface area (Å²) < 4.78 is 0. The molecule has 0 aliphatic rings. The highest BCUT2D eigenvalue weighted by Gasteiger charge is 2.11. The number of fused-ring (bicyclic) bond motifs is 2. The van der Waals surface area contributed by atoms with Crippen molar-refractivity contribution in [2.24, 2.45) is 0 Å². The van der Waals surface area contributed by atoms with E-state index < -0.39 is 0 Å². The fourth-order valence-corrected chi connectivity index (χ4v) is 2.82. The van der Waals surface area contributed by atoms with Gasteiger partial charge in [-0.05, 0) is 40.8 Å². The molecule has 5 rings (SSSR count). The van der Waals surface area contributed by atoms with Crippen LogP contribution in [0.15, 0.2) is 41.2 Å². The lowest BCUT2D eigenvalue weighted by Gasteiger charge is -2.05. The molecule has 3 N–H and O–H groups in total. The molecule has 25 heavy (non-hydrogen) atoms. The predicted molar refractivity (Wildman–Crippen MR) is 88.4 cm³/mol. The van der Waals surface area contributed by atoms with Gasteiger partial charge >= 0.3 is 0 Å². The smallest absolute Gasteiger partial charge is 0.204 e. The van der Waals surface area contributed by atoms with E-state index in [1.165, 1.54) is 0 Å². The van der Waals surface area contributed by atoms with Gasteiger partial charge in [-0.1, -0.05) is 6.07 Å². The zero-order valence-electron chi connectivity index (χ0n) is 12.6. The molecule has 0 fully saturated rings. The Hall–Kier alpha value is -3.95. The van der Waals surface area contributed by atoms with Crippen LogP contribution < -0.4 is 5.43 Å².